The average molecular weight is 234 g/mol. The zero-order valence-corrected chi connectivity index (χ0v) is 9.20. The molecular formula is C8H14N2O4S. The number of hydrogen-bond acceptors (Lipinski definition) is 5. The summed E-state index contributed by atoms with van der Waals surface area (Å²) in [4.78, 5) is 23.8. The number of rotatable bonds is 4. The minimum Gasteiger partial charge on any atom is -0.480 e. The summed E-state index contributed by atoms with van der Waals surface area (Å²) in [6.07, 6.45) is 0. The van der Waals surface area contributed by atoms with Crippen molar-refractivity contribution in [2.75, 3.05) is 25.3 Å². The van der Waals surface area contributed by atoms with Gasteiger partial charge in [-0.3, -0.25) is 4.79 Å². The zero-order valence-electron chi connectivity index (χ0n) is 8.38. The molecule has 1 rings (SSSR count). The van der Waals surface area contributed by atoms with Crippen molar-refractivity contribution in [1.82, 2.24) is 4.90 Å². The Kier molecular flexibility index (Phi) is 4.37. The Labute approximate surface area is 91.7 Å². The van der Waals surface area contributed by atoms with Crippen molar-refractivity contribution < 1.29 is 19.4 Å². The minimum atomic E-state index is -0.988. The fraction of sp³-hybridized carbons (Fsp3) is 0.750. The largest absolute Gasteiger partial charge is 0.480 e. The Hall–Kier alpha value is -0.790. The summed E-state index contributed by atoms with van der Waals surface area (Å²) in [5.74, 6) is -0.555. The Morgan fingerprint density at radius 1 is 1.73 bits per heavy atom. The summed E-state index contributed by atoms with van der Waals surface area (Å²) in [5.41, 5.74) is 5.55. The van der Waals surface area contributed by atoms with Crippen LogP contribution in [0, 0.1) is 0 Å². The smallest absolute Gasteiger partial charge is 0.327 e. The van der Waals surface area contributed by atoms with Gasteiger partial charge in [0.1, 0.15) is 12.1 Å². The van der Waals surface area contributed by atoms with Gasteiger partial charge in [-0.15, -0.1) is 11.8 Å². The first kappa shape index (κ1) is 12.3. The molecule has 86 valence electrons. The van der Waals surface area contributed by atoms with Crippen molar-refractivity contribution in [3.63, 3.8) is 0 Å². The van der Waals surface area contributed by atoms with Crippen LogP contribution in [0.3, 0.4) is 0 Å². The molecule has 1 saturated heterocycles. The van der Waals surface area contributed by atoms with Gasteiger partial charge in [0.15, 0.2) is 0 Å². The lowest BCUT2D eigenvalue weighted by atomic mass is 10.2. The molecular weight excluding hydrogens is 220 g/mol. The standard InChI is InChI=1S/C8H14N2O4S/c1-14-2-5(9)7(11)10-4-15-3-6(10)8(12)13/h5-6H,2-4,9H2,1H3,(H,12,13). The number of carbonyl (C=O) groups is 2. The van der Waals surface area contributed by atoms with E-state index in [0.29, 0.717) is 11.6 Å². The summed E-state index contributed by atoms with van der Waals surface area (Å²) in [5, 5.41) is 8.86. The van der Waals surface area contributed by atoms with E-state index in [4.69, 9.17) is 15.6 Å². The molecule has 0 aromatic heterocycles. The number of methoxy groups -OCH3 is 1. The molecule has 0 bridgehead atoms. The molecule has 0 aliphatic carbocycles. The van der Waals surface area contributed by atoms with Gasteiger partial charge in [-0.2, -0.15) is 0 Å². The summed E-state index contributed by atoms with van der Waals surface area (Å²) < 4.78 is 4.75. The highest BCUT2D eigenvalue weighted by atomic mass is 32.2. The van der Waals surface area contributed by atoms with E-state index in [-0.39, 0.29) is 12.5 Å². The van der Waals surface area contributed by atoms with Crippen molar-refractivity contribution in [2.45, 2.75) is 12.1 Å². The molecule has 0 saturated carbocycles. The summed E-state index contributed by atoms with van der Waals surface area (Å²) >= 11 is 1.41. The lowest BCUT2D eigenvalue weighted by Gasteiger charge is -2.23. The predicted molar refractivity (Wildman–Crippen MR) is 55.4 cm³/mol. The molecule has 0 radical (unpaired) electrons. The third kappa shape index (κ3) is 2.83. The molecule has 6 nitrogen and oxygen atoms in total. The molecule has 1 fully saturated rings. The van der Waals surface area contributed by atoms with Gasteiger partial charge in [0, 0.05) is 12.9 Å². The number of carboxylic acid groups (broad SMARTS) is 1. The second kappa shape index (κ2) is 5.34. The van der Waals surface area contributed by atoms with E-state index in [0.717, 1.165) is 0 Å². The number of nitrogens with two attached hydrogens (primary N) is 1. The molecule has 0 aromatic rings. The van der Waals surface area contributed by atoms with Crippen molar-refractivity contribution in [2.24, 2.45) is 5.73 Å². The first-order valence-electron chi connectivity index (χ1n) is 4.43. The van der Waals surface area contributed by atoms with Crippen LogP contribution in [0.5, 0.6) is 0 Å². The first-order chi connectivity index (χ1) is 7.07. The highest BCUT2D eigenvalue weighted by molar-refractivity contribution is 7.99. The molecule has 3 N–H and O–H groups in total. The molecule has 7 heteroatoms. The van der Waals surface area contributed by atoms with Crippen LogP contribution >= 0.6 is 11.8 Å². The number of hydrogen-bond donors (Lipinski definition) is 2. The molecule has 1 amide bonds. The molecule has 0 aromatic carbocycles. The maximum absolute atomic E-state index is 11.7. The first-order valence-corrected chi connectivity index (χ1v) is 5.59. The van der Waals surface area contributed by atoms with Crippen molar-refractivity contribution in [3.05, 3.63) is 0 Å². The number of carboxylic acids is 1. The maximum Gasteiger partial charge on any atom is 0.327 e. The molecule has 15 heavy (non-hydrogen) atoms. The molecule has 2 unspecified atom stereocenters. The van der Waals surface area contributed by atoms with Gasteiger partial charge in [-0.25, -0.2) is 4.79 Å². The van der Waals surface area contributed by atoms with E-state index in [1.807, 2.05) is 0 Å². The van der Waals surface area contributed by atoms with Gasteiger partial charge in [0.25, 0.3) is 0 Å². The van der Waals surface area contributed by atoms with Crippen LogP contribution in [-0.4, -0.2) is 59.3 Å². The quantitative estimate of drug-likeness (QED) is 0.644. The number of ether oxygens (including phenoxy) is 1. The van der Waals surface area contributed by atoms with Gasteiger partial charge < -0.3 is 20.5 Å². The molecule has 1 heterocycles. The molecule has 1 aliphatic rings. The van der Waals surface area contributed by atoms with E-state index in [9.17, 15) is 9.59 Å². The van der Waals surface area contributed by atoms with Crippen LogP contribution in [-0.2, 0) is 14.3 Å². The minimum absolute atomic E-state index is 0.104. The Morgan fingerprint density at radius 2 is 2.40 bits per heavy atom. The molecule has 1 aliphatic heterocycles. The molecule has 2 atom stereocenters. The van der Waals surface area contributed by atoms with Crippen LogP contribution in [0.25, 0.3) is 0 Å². The fourth-order valence-corrected chi connectivity index (χ4v) is 2.48. The van der Waals surface area contributed by atoms with Gasteiger partial charge >= 0.3 is 5.97 Å². The van der Waals surface area contributed by atoms with Gasteiger partial charge in [0.05, 0.1) is 12.5 Å². The van der Waals surface area contributed by atoms with Crippen LogP contribution in [0.4, 0.5) is 0 Å². The van der Waals surface area contributed by atoms with Crippen LogP contribution in [0.2, 0.25) is 0 Å². The Morgan fingerprint density at radius 3 is 2.93 bits per heavy atom. The van der Waals surface area contributed by atoms with Crippen LogP contribution < -0.4 is 5.73 Å². The highest BCUT2D eigenvalue weighted by Gasteiger charge is 2.36. The second-order valence-corrected chi connectivity index (χ2v) is 4.22. The number of thioether (sulfide) groups is 1. The topological polar surface area (TPSA) is 92.9 Å². The van der Waals surface area contributed by atoms with Crippen LogP contribution in [0.1, 0.15) is 0 Å². The summed E-state index contributed by atoms with van der Waals surface area (Å²) in [6.45, 7) is 0.104. The third-order valence-electron chi connectivity index (χ3n) is 2.11. The SMILES string of the molecule is COCC(N)C(=O)N1CSCC1C(=O)O. The average Bonchev–Trinajstić information content (AvgIpc) is 2.65. The van der Waals surface area contributed by atoms with E-state index in [1.165, 1.54) is 23.8 Å². The van der Waals surface area contributed by atoms with E-state index in [2.05, 4.69) is 0 Å². The highest BCUT2D eigenvalue weighted by Crippen LogP contribution is 2.21. The fourth-order valence-electron chi connectivity index (χ4n) is 1.33. The Bertz CT molecular complexity index is 261. The third-order valence-corrected chi connectivity index (χ3v) is 3.13. The van der Waals surface area contributed by atoms with E-state index >= 15 is 0 Å². The lowest BCUT2D eigenvalue weighted by Crippen LogP contribution is -2.50. The summed E-state index contributed by atoms with van der Waals surface area (Å²) in [6, 6.07) is -1.54. The number of carbonyl (C=O) groups excluding carboxylic acids is 1. The monoisotopic (exact) mass is 234 g/mol. The maximum atomic E-state index is 11.7. The molecule has 0 spiro atoms. The number of amides is 1. The number of aliphatic carboxylic acids is 1. The summed E-state index contributed by atoms with van der Waals surface area (Å²) in [7, 11) is 1.44. The lowest BCUT2D eigenvalue weighted by molar-refractivity contribution is -0.148. The van der Waals surface area contributed by atoms with Crippen molar-refractivity contribution >= 4 is 23.6 Å². The van der Waals surface area contributed by atoms with Crippen molar-refractivity contribution in [1.29, 1.82) is 0 Å². The normalized spacial score (nSPS) is 22.8. The van der Waals surface area contributed by atoms with E-state index in [1.54, 1.807) is 0 Å². The van der Waals surface area contributed by atoms with Crippen LogP contribution in [0.15, 0.2) is 0 Å². The van der Waals surface area contributed by atoms with Gasteiger partial charge in [-0.1, -0.05) is 0 Å². The Balaban J connectivity index is 2.62. The second-order valence-electron chi connectivity index (χ2n) is 3.22. The van der Waals surface area contributed by atoms with Crippen molar-refractivity contribution in [3.8, 4) is 0 Å². The van der Waals surface area contributed by atoms with Gasteiger partial charge in [0.2, 0.25) is 5.91 Å². The number of nitrogens with zero attached hydrogens (tertiary/aromatic N) is 1. The zero-order chi connectivity index (χ0) is 11.4. The predicted octanol–water partition coefficient (Wildman–Crippen LogP) is -1.05. The van der Waals surface area contributed by atoms with Gasteiger partial charge in [-0.05, 0) is 0 Å². The van der Waals surface area contributed by atoms with E-state index < -0.39 is 18.1 Å².